The maximum atomic E-state index is 14.8. The van der Waals surface area contributed by atoms with Gasteiger partial charge in [0.05, 0.1) is 48.4 Å². The minimum Gasteiger partial charge on any atom is -0.497 e. The quantitative estimate of drug-likeness (QED) is 0.118. The van der Waals surface area contributed by atoms with E-state index in [2.05, 4.69) is 5.32 Å². The van der Waals surface area contributed by atoms with Crippen LogP contribution in [0, 0.1) is 22.7 Å². The van der Waals surface area contributed by atoms with Gasteiger partial charge in [0.2, 0.25) is 0 Å². The highest BCUT2D eigenvalue weighted by molar-refractivity contribution is 5.89. The van der Waals surface area contributed by atoms with Gasteiger partial charge in [-0.3, -0.25) is 9.59 Å². The third kappa shape index (κ3) is 9.12. The van der Waals surface area contributed by atoms with Gasteiger partial charge in [-0.05, 0) is 89.3 Å². The molecule has 4 fully saturated rings. The summed E-state index contributed by atoms with van der Waals surface area (Å²) in [4.78, 5) is 69.2. The third-order valence-electron chi connectivity index (χ3n) is 14.4. The van der Waals surface area contributed by atoms with E-state index < -0.39 is 119 Å². The number of methoxy groups -OCH3 is 1. The average molecular weight is 950 g/mol. The van der Waals surface area contributed by atoms with Crippen molar-refractivity contribution in [1.29, 1.82) is 0 Å². The van der Waals surface area contributed by atoms with Gasteiger partial charge in [-0.25, -0.2) is 14.4 Å². The van der Waals surface area contributed by atoms with Crippen LogP contribution in [0.5, 0.6) is 5.75 Å². The number of hydrogen-bond donors (Lipinski definition) is 3. The first-order valence-corrected chi connectivity index (χ1v) is 23.3. The molecule has 0 radical (unpaired) electrons. The molecule has 17 heteroatoms. The van der Waals surface area contributed by atoms with Crippen LogP contribution in [0.1, 0.15) is 118 Å². The van der Waals surface area contributed by atoms with E-state index >= 15 is 0 Å². The molecular formula is C51H67NO16. The van der Waals surface area contributed by atoms with E-state index in [0.717, 1.165) is 0 Å². The number of hydrogen-bond acceptors (Lipinski definition) is 16. The second-order valence-corrected chi connectivity index (χ2v) is 21.0. The topological polar surface area (TPSA) is 221 Å². The van der Waals surface area contributed by atoms with Crippen LogP contribution in [0.2, 0.25) is 0 Å². The van der Waals surface area contributed by atoms with Gasteiger partial charge in [0.15, 0.2) is 24.1 Å². The summed E-state index contributed by atoms with van der Waals surface area (Å²) in [5.74, 6) is -3.89. The molecule has 0 bridgehead atoms. The molecule has 1 amide bonds. The fourth-order valence-corrected chi connectivity index (χ4v) is 11.6. The Morgan fingerprint density at radius 1 is 0.897 bits per heavy atom. The number of aliphatic hydroxyl groups is 2. The van der Waals surface area contributed by atoms with Gasteiger partial charge in [-0.1, -0.05) is 51.1 Å². The molecule has 372 valence electrons. The molecule has 5 aliphatic rings. The summed E-state index contributed by atoms with van der Waals surface area (Å²) in [5, 5.41) is 27.4. The number of benzene rings is 2. The zero-order valence-electron chi connectivity index (χ0n) is 41.0. The summed E-state index contributed by atoms with van der Waals surface area (Å²) in [7, 11) is 1.54. The number of alkyl carbamates (subject to hydrolysis) is 1. The van der Waals surface area contributed by atoms with Crippen LogP contribution in [-0.4, -0.2) is 119 Å². The summed E-state index contributed by atoms with van der Waals surface area (Å²) in [6.07, 6.45) is -10.7. The van der Waals surface area contributed by atoms with Crippen molar-refractivity contribution in [2.24, 2.45) is 22.7 Å². The van der Waals surface area contributed by atoms with E-state index in [9.17, 15) is 34.2 Å². The Hall–Kier alpha value is -5.07. The van der Waals surface area contributed by atoms with Gasteiger partial charge < -0.3 is 58.2 Å². The van der Waals surface area contributed by atoms with Gasteiger partial charge in [-0.15, -0.1) is 0 Å². The lowest BCUT2D eigenvalue weighted by molar-refractivity contribution is -0.401. The van der Waals surface area contributed by atoms with Crippen molar-refractivity contribution in [2.45, 2.75) is 167 Å². The smallest absolute Gasteiger partial charge is 0.407 e. The van der Waals surface area contributed by atoms with E-state index in [4.69, 9.17) is 42.6 Å². The van der Waals surface area contributed by atoms with Crippen LogP contribution in [0.15, 0.2) is 65.7 Å². The zero-order chi connectivity index (χ0) is 49.9. The predicted octanol–water partition coefficient (Wildman–Crippen LogP) is 6.07. The predicted molar refractivity (Wildman–Crippen MR) is 242 cm³/mol. The fraction of sp³-hybridized carbons (Fsp3) is 0.627. The summed E-state index contributed by atoms with van der Waals surface area (Å²) >= 11 is 0. The highest BCUT2D eigenvalue weighted by Crippen LogP contribution is 2.70. The molecular weight excluding hydrogens is 883 g/mol. The van der Waals surface area contributed by atoms with Crippen LogP contribution < -0.4 is 10.1 Å². The Bertz CT molecular complexity index is 2270. The first kappa shape index (κ1) is 50.8. The molecule has 2 saturated heterocycles. The Labute approximate surface area is 397 Å². The summed E-state index contributed by atoms with van der Waals surface area (Å²) < 4.78 is 57.2. The number of carbonyl (C=O) groups excluding carboxylic acids is 5. The zero-order valence-corrected chi connectivity index (χ0v) is 41.0. The average Bonchev–Trinajstić information content (AvgIpc) is 3.50. The lowest BCUT2D eigenvalue weighted by atomic mass is 9.49. The number of ether oxygens (including phenoxy) is 9. The van der Waals surface area contributed by atoms with Crippen molar-refractivity contribution in [3.8, 4) is 5.75 Å². The molecule has 2 saturated carbocycles. The van der Waals surface area contributed by atoms with Crippen molar-refractivity contribution in [2.75, 3.05) is 13.7 Å². The Kier molecular flexibility index (Phi) is 14.0. The number of fused-ring (bicyclic) bond motifs is 3. The molecule has 68 heavy (non-hydrogen) atoms. The lowest BCUT2D eigenvalue weighted by Gasteiger charge is -2.67. The van der Waals surface area contributed by atoms with Crippen molar-refractivity contribution >= 4 is 30.0 Å². The minimum atomic E-state index is -1.94. The molecule has 13 atom stereocenters. The highest BCUT2D eigenvalue weighted by atomic mass is 16.7. The normalized spacial score (nSPS) is 32.7. The van der Waals surface area contributed by atoms with Gasteiger partial charge >= 0.3 is 30.0 Å². The van der Waals surface area contributed by atoms with Crippen molar-refractivity contribution in [3.05, 3.63) is 76.9 Å². The molecule has 7 rings (SSSR count). The van der Waals surface area contributed by atoms with Crippen LogP contribution in [0.3, 0.4) is 0 Å². The van der Waals surface area contributed by atoms with Crippen molar-refractivity contribution in [1.82, 2.24) is 5.32 Å². The Balaban J connectivity index is 1.45. The molecule has 3 N–H and O–H groups in total. The second-order valence-electron chi connectivity index (χ2n) is 21.0. The monoisotopic (exact) mass is 949 g/mol. The summed E-state index contributed by atoms with van der Waals surface area (Å²) in [5.41, 5.74) is -6.22. The number of carbonyl (C=O) groups is 5. The van der Waals surface area contributed by atoms with E-state index in [0.29, 0.717) is 16.9 Å². The first-order chi connectivity index (χ1) is 31.8. The SMILES string of the molecule is COc1ccc(C2O[C@H]3C[C@H]4OC[C@@]4(OC(C)=O)[C@H]4[C@H](OC(=O)c5ccccc5)[C@]5(C(C)(C)O)C[C@H](OC(=O)[C@H](O)[C@H](CC(C)C)NC(=O)OC(C)(C)C)C(C)=C5[C@H](OC(C)=O)[C@H](O2)[C@]34C)cc1. The minimum absolute atomic E-state index is 0.0963. The molecule has 3 aliphatic carbocycles. The van der Waals surface area contributed by atoms with Gasteiger partial charge in [0.25, 0.3) is 0 Å². The van der Waals surface area contributed by atoms with Crippen LogP contribution in [0.4, 0.5) is 4.79 Å². The summed E-state index contributed by atoms with van der Waals surface area (Å²) in [6, 6.07) is 14.2. The van der Waals surface area contributed by atoms with Crippen LogP contribution >= 0.6 is 0 Å². The number of esters is 4. The lowest BCUT2D eigenvalue weighted by Crippen LogP contribution is -2.80. The Morgan fingerprint density at radius 2 is 1.56 bits per heavy atom. The van der Waals surface area contributed by atoms with Gasteiger partial charge in [0.1, 0.15) is 35.8 Å². The summed E-state index contributed by atoms with van der Waals surface area (Å²) in [6.45, 7) is 17.7. The van der Waals surface area contributed by atoms with Crippen molar-refractivity contribution < 1.29 is 76.8 Å². The molecule has 2 aliphatic heterocycles. The molecule has 0 aromatic heterocycles. The van der Waals surface area contributed by atoms with Crippen molar-refractivity contribution in [3.63, 3.8) is 0 Å². The van der Waals surface area contributed by atoms with E-state index in [1.165, 1.54) is 27.7 Å². The number of rotatable bonds is 13. The fourth-order valence-electron chi connectivity index (χ4n) is 11.6. The maximum Gasteiger partial charge on any atom is 0.407 e. The molecule has 2 heterocycles. The van der Waals surface area contributed by atoms with E-state index in [1.807, 2.05) is 20.8 Å². The van der Waals surface area contributed by atoms with Gasteiger partial charge in [0, 0.05) is 37.7 Å². The molecule has 2 aromatic rings. The first-order valence-electron chi connectivity index (χ1n) is 23.3. The number of nitrogens with one attached hydrogen (secondary N) is 1. The van der Waals surface area contributed by atoms with E-state index in [1.54, 1.807) is 89.4 Å². The number of amides is 1. The Morgan fingerprint density at radius 3 is 2.10 bits per heavy atom. The second kappa shape index (κ2) is 18.7. The largest absolute Gasteiger partial charge is 0.497 e. The van der Waals surface area contributed by atoms with Crippen LogP contribution in [-0.2, 0) is 52.3 Å². The molecule has 2 aromatic carbocycles. The third-order valence-corrected chi connectivity index (χ3v) is 14.4. The van der Waals surface area contributed by atoms with E-state index in [-0.39, 0.29) is 42.9 Å². The maximum absolute atomic E-state index is 14.8. The molecule has 0 spiro atoms. The standard InChI is InChI=1S/C51H67NO16/c1-26(2)22-33(52-46(58)68-47(6,7)8)38(55)44(57)63-34-24-50(48(9,10)59)37(27(34)3)39(62-28(4)53)41-49(11)35(64-45(66-41)31-18-20-32(60-12)21-19-31)23-36-51(25-61-36,67-29(5)54)40(49)42(50)65-43(56)30-16-14-13-15-17-30/h13-21,26,33-36,38-42,45,55,59H,22-25H2,1-12H3,(H,52,58)/t33-,34-,35-,36+,38+,39-,40-,41-,42-,45?,49+,50-,51-/m0/s1. The van der Waals surface area contributed by atoms with Gasteiger partial charge in [-0.2, -0.15) is 0 Å². The highest BCUT2D eigenvalue weighted by Gasteiger charge is 2.81. The van der Waals surface area contributed by atoms with Crippen LogP contribution in [0.25, 0.3) is 0 Å². The number of aliphatic hydroxyl groups excluding tert-OH is 1. The molecule has 1 unspecified atom stereocenters. The molecule has 17 nitrogen and oxygen atoms in total.